The summed E-state index contributed by atoms with van der Waals surface area (Å²) in [5.41, 5.74) is 12.8. The van der Waals surface area contributed by atoms with Crippen LogP contribution in [0.5, 0.6) is 11.6 Å². The van der Waals surface area contributed by atoms with Gasteiger partial charge in [-0.1, -0.05) is 19.4 Å². The van der Waals surface area contributed by atoms with Crippen LogP contribution in [0.25, 0.3) is 0 Å². The van der Waals surface area contributed by atoms with Crippen LogP contribution < -0.4 is 21.5 Å². The Morgan fingerprint density at radius 1 is 1.10 bits per heavy atom. The van der Waals surface area contributed by atoms with Gasteiger partial charge in [0.1, 0.15) is 17.4 Å². The Kier molecular flexibility index (Phi) is 9.72. The number of nitrogens with one attached hydrogen (secondary N) is 1. The third kappa shape index (κ3) is 7.69. The number of hydrogen-bond donors (Lipinski definition) is 3. The maximum atomic E-state index is 14.4. The molecule has 0 saturated carbocycles. The number of nitrogens with two attached hydrogens (primary N) is 2. The summed E-state index contributed by atoms with van der Waals surface area (Å²) in [7, 11) is 0. The molecule has 4 rings (SSSR count). The van der Waals surface area contributed by atoms with Crippen molar-refractivity contribution in [3.8, 4) is 11.6 Å². The predicted octanol–water partition coefficient (Wildman–Crippen LogP) is 5.44. The molecular weight excluding hydrogens is 530 g/mol. The molecule has 3 aromatic rings. The molecule has 1 aliphatic heterocycles. The van der Waals surface area contributed by atoms with E-state index in [9.17, 15) is 18.4 Å². The first-order valence-corrected chi connectivity index (χ1v) is 13.7. The van der Waals surface area contributed by atoms with Crippen molar-refractivity contribution < 1.29 is 23.1 Å². The molecule has 1 fully saturated rings. The van der Waals surface area contributed by atoms with Gasteiger partial charge in [0.15, 0.2) is 0 Å². The first-order valence-electron chi connectivity index (χ1n) is 13.7. The van der Waals surface area contributed by atoms with Gasteiger partial charge in [-0.25, -0.2) is 18.6 Å². The van der Waals surface area contributed by atoms with Crippen molar-refractivity contribution in [2.45, 2.75) is 52.1 Å². The van der Waals surface area contributed by atoms with Gasteiger partial charge >= 0.3 is 6.03 Å². The number of urea groups is 1. The third-order valence-corrected chi connectivity index (χ3v) is 7.24. The van der Waals surface area contributed by atoms with Crippen LogP contribution in [-0.2, 0) is 6.54 Å². The number of carbonyl (C=O) groups is 2. The Hall–Kier alpha value is -4.25. The molecule has 0 bridgehead atoms. The van der Waals surface area contributed by atoms with Gasteiger partial charge in [-0.3, -0.25) is 9.69 Å². The number of unbranched alkanes of at least 4 members (excludes halogenated alkanes) is 1. The summed E-state index contributed by atoms with van der Waals surface area (Å²) in [5, 5.41) is 2.52. The maximum absolute atomic E-state index is 14.4. The minimum Gasteiger partial charge on any atom is -0.439 e. The summed E-state index contributed by atoms with van der Waals surface area (Å²) in [6, 6.07) is 11.9. The number of amides is 3. The second-order valence-electron chi connectivity index (χ2n) is 10.2. The second kappa shape index (κ2) is 13.4. The molecule has 9 nitrogen and oxygen atoms in total. The van der Waals surface area contributed by atoms with Crippen LogP contribution >= 0.6 is 0 Å². The van der Waals surface area contributed by atoms with Crippen LogP contribution in [0.2, 0.25) is 0 Å². The van der Waals surface area contributed by atoms with Crippen molar-refractivity contribution in [1.82, 2.24) is 14.8 Å². The average molecular weight is 567 g/mol. The highest BCUT2D eigenvalue weighted by atomic mass is 19.1. The third-order valence-electron chi connectivity index (χ3n) is 7.24. The summed E-state index contributed by atoms with van der Waals surface area (Å²) >= 11 is 0. The van der Waals surface area contributed by atoms with E-state index < -0.39 is 29.1 Å². The number of hydrogen-bond acceptors (Lipinski definition) is 6. The number of nitrogen functional groups attached to an aromatic ring is 1. The Labute approximate surface area is 238 Å². The van der Waals surface area contributed by atoms with Gasteiger partial charge in [0, 0.05) is 55.7 Å². The molecule has 1 aromatic heterocycles. The first-order chi connectivity index (χ1) is 19.6. The molecular formula is C30H36F2N6O3. The van der Waals surface area contributed by atoms with Crippen molar-refractivity contribution in [1.29, 1.82) is 0 Å². The SMILES string of the molecule is CCCCN(C(=O)Nc1cc(C(N)=O)c(F)cc1F)C1CCN(Cc2ccc(Oc3ccc(N)cc3)nc2C)CC1. The lowest BCUT2D eigenvalue weighted by molar-refractivity contribution is 0.0996. The van der Waals surface area contributed by atoms with Gasteiger partial charge in [0.2, 0.25) is 5.88 Å². The molecule has 1 aliphatic rings. The van der Waals surface area contributed by atoms with Crippen LogP contribution in [0.1, 0.15) is 54.2 Å². The predicted molar refractivity (Wildman–Crippen MR) is 154 cm³/mol. The first kappa shape index (κ1) is 29.7. The van der Waals surface area contributed by atoms with E-state index in [-0.39, 0.29) is 11.7 Å². The van der Waals surface area contributed by atoms with Crippen molar-refractivity contribution in [3.05, 3.63) is 77.0 Å². The highest BCUT2D eigenvalue weighted by molar-refractivity contribution is 5.96. The van der Waals surface area contributed by atoms with Gasteiger partial charge in [0.25, 0.3) is 5.91 Å². The number of ether oxygens (including phenoxy) is 1. The van der Waals surface area contributed by atoms with Crippen LogP contribution in [0.3, 0.4) is 0 Å². The van der Waals surface area contributed by atoms with Crippen molar-refractivity contribution >= 4 is 23.3 Å². The fourth-order valence-electron chi connectivity index (χ4n) is 4.88. The molecule has 5 N–H and O–H groups in total. The molecule has 0 aliphatic carbocycles. The summed E-state index contributed by atoms with van der Waals surface area (Å²) in [4.78, 5) is 33.4. The number of piperidine rings is 1. The summed E-state index contributed by atoms with van der Waals surface area (Å²) in [5.74, 6) is -1.92. The lowest BCUT2D eigenvalue weighted by Gasteiger charge is -2.38. The number of likely N-dealkylation sites (tertiary alicyclic amines) is 1. The molecule has 2 aromatic carbocycles. The summed E-state index contributed by atoms with van der Waals surface area (Å²) < 4.78 is 34.1. The average Bonchev–Trinajstić information content (AvgIpc) is 2.94. The molecule has 2 heterocycles. The van der Waals surface area contributed by atoms with Gasteiger partial charge < -0.3 is 26.4 Å². The quantitative estimate of drug-likeness (QED) is 0.281. The fraction of sp³-hybridized carbons (Fsp3) is 0.367. The topological polar surface area (TPSA) is 127 Å². The smallest absolute Gasteiger partial charge is 0.322 e. The standard InChI is InChI=1S/C30H36F2N6O3/c1-3-4-13-38(30(40)36-27-16-24(29(34)39)25(31)17-26(27)32)22-11-14-37(15-12-22)18-20-5-10-28(35-19(20)2)41-23-8-6-21(33)7-9-23/h5-10,16-17,22H,3-4,11-15,18,33H2,1-2H3,(H2,34,39)(H,36,40). The number of pyridine rings is 1. The lowest BCUT2D eigenvalue weighted by atomic mass is 10.0. The van der Waals surface area contributed by atoms with E-state index in [1.54, 1.807) is 29.2 Å². The minimum absolute atomic E-state index is 0.0492. The Morgan fingerprint density at radius 2 is 1.80 bits per heavy atom. The molecule has 3 amide bonds. The van der Waals surface area contributed by atoms with Crippen molar-refractivity contribution in [2.75, 3.05) is 30.7 Å². The Balaban J connectivity index is 1.36. The molecule has 0 unspecified atom stereocenters. The number of aryl methyl sites for hydroxylation is 1. The van der Waals surface area contributed by atoms with Gasteiger partial charge in [-0.15, -0.1) is 0 Å². The Bertz CT molecular complexity index is 1380. The van der Waals surface area contributed by atoms with Crippen LogP contribution in [0, 0.1) is 18.6 Å². The van der Waals surface area contributed by atoms with Gasteiger partial charge in [-0.05, 0) is 62.1 Å². The maximum Gasteiger partial charge on any atom is 0.322 e. The van der Waals surface area contributed by atoms with Crippen LogP contribution in [0.15, 0.2) is 48.5 Å². The summed E-state index contributed by atoms with van der Waals surface area (Å²) in [6.45, 7) is 6.72. The number of rotatable bonds is 10. The van der Waals surface area contributed by atoms with E-state index in [4.69, 9.17) is 16.2 Å². The van der Waals surface area contributed by atoms with E-state index in [0.717, 1.165) is 56.1 Å². The van der Waals surface area contributed by atoms with E-state index in [1.165, 1.54) is 0 Å². The number of anilines is 2. The molecule has 41 heavy (non-hydrogen) atoms. The highest BCUT2D eigenvalue weighted by Crippen LogP contribution is 2.25. The number of halogens is 2. The van der Waals surface area contributed by atoms with Gasteiger partial charge in [-0.2, -0.15) is 0 Å². The van der Waals surface area contributed by atoms with Crippen LogP contribution in [-0.4, -0.2) is 52.4 Å². The Morgan fingerprint density at radius 3 is 2.44 bits per heavy atom. The zero-order valence-electron chi connectivity index (χ0n) is 23.3. The molecule has 0 radical (unpaired) electrons. The van der Waals surface area contributed by atoms with E-state index >= 15 is 0 Å². The normalized spacial score (nSPS) is 14.0. The monoisotopic (exact) mass is 566 g/mol. The van der Waals surface area contributed by atoms with Gasteiger partial charge in [0.05, 0.1) is 11.3 Å². The molecule has 218 valence electrons. The second-order valence-corrected chi connectivity index (χ2v) is 10.2. The molecule has 11 heteroatoms. The number of carbonyl (C=O) groups excluding carboxylic acids is 2. The molecule has 0 spiro atoms. The number of aromatic nitrogens is 1. The molecule has 1 saturated heterocycles. The van der Waals surface area contributed by atoms with E-state index in [2.05, 4.69) is 15.2 Å². The van der Waals surface area contributed by atoms with E-state index in [0.29, 0.717) is 36.5 Å². The number of benzene rings is 2. The van der Waals surface area contributed by atoms with E-state index in [1.807, 2.05) is 26.0 Å². The molecule has 0 atom stereocenters. The van der Waals surface area contributed by atoms with Crippen molar-refractivity contribution in [3.63, 3.8) is 0 Å². The largest absolute Gasteiger partial charge is 0.439 e. The summed E-state index contributed by atoms with van der Waals surface area (Å²) in [6.07, 6.45) is 3.13. The minimum atomic E-state index is -1.07. The van der Waals surface area contributed by atoms with Crippen molar-refractivity contribution in [2.24, 2.45) is 5.73 Å². The zero-order valence-corrected chi connectivity index (χ0v) is 23.3. The fourth-order valence-corrected chi connectivity index (χ4v) is 4.88. The number of primary amides is 1. The highest BCUT2D eigenvalue weighted by Gasteiger charge is 2.29. The lowest BCUT2D eigenvalue weighted by Crippen LogP contribution is -2.49. The zero-order chi connectivity index (χ0) is 29.5. The van der Waals surface area contributed by atoms with Crippen LogP contribution in [0.4, 0.5) is 25.0 Å². The number of nitrogens with zero attached hydrogens (tertiary/aromatic N) is 3.